The summed E-state index contributed by atoms with van der Waals surface area (Å²) in [4.78, 5) is 0. The molecule has 2 aliphatic rings. The standard InChI is InChI=1S/C17H33N/c1-13(14-9-5-6-10-14)18-16-12-8-7-11-15(16)17(2,3)4/h13-16,18H,5-12H2,1-4H3. The van der Waals surface area contributed by atoms with Gasteiger partial charge in [0.25, 0.3) is 0 Å². The van der Waals surface area contributed by atoms with Gasteiger partial charge in [-0.05, 0) is 49.9 Å². The SMILES string of the molecule is CC(NC1CCCCC1C(C)(C)C)C1CCCC1. The van der Waals surface area contributed by atoms with Crippen LogP contribution < -0.4 is 5.32 Å². The molecular formula is C17H33N. The van der Waals surface area contributed by atoms with E-state index in [4.69, 9.17) is 0 Å². The number of nitrogens with one attached hydrogen (secondary N) is 1. The average Bonchev–Trinajstić information content (AvgIpc) is 2.81. The smallest absolute Gasteiger partial charge is 0.0103 e. The largest absolute Gasteiger partial charge is 0.311 e. The van der Waals surface area contributed by atoms with Crippen LogP contribution in [0.15, 0.2) is 0 Å². The van der Waals surface area contributed by atoms with Crippen LogP contribution in [0, 0.1) is 17.3 Å². The van der Waals surface area contributed by atoms with Gasteiger partial charge in [-0.1, -0.05) is 46.5 Å². The van der Waals surface area contributed by atoms with Gasteiger partial charge in [0, 0.05) is 12.1 Å². The maximum absolute atomic E-state index is 4.02. The van der Waals surface area contributed by atoms with Gasteiger partial charge in [-0.2, -0.15) is 0 Å². The molecule has 0 aromatic rings. The zero-order valence-electron chi connectivity index (χ0n) is 13.0. The van der Waals surface area contributed by atoms with Gasteiger partial charge in [0.1, 0.15) is 0 Å². The van der Waals surface area contributed by atoms with E-state index in [0.717, 1.165) is 23.9 Å². The molecule has 1 nitrogen and oxygen atoms in total. The highest BCUT2D eigenvalue weighted by Crippen LogP contribution is 2.39. The topological polar surface area (TPSA) is 12.0 Å². The van der Waals surface area contributed by atoms with Crippen molar-refractivity contribution in [3.8, 4) is 0 Å². The highest BCUT2D eigenvalue weighted by atomic mass is 15.0. The van der Waals surface area contributed by atoms with Gasteiger partial charge in [0.15, 0.2) is 0 Å². The van der Waals surface area contributed by atoms with E-state index in [2.05, 4.69) is 33.0 Å². The van der Waals surface area contributed by atoms with Crippen LogP contribution in [0.25, 0.3) is 0 Å². The quantitative estimate of drug-likeness (QED) is 0.762. The van der Waals surface area contributed by atoms with Gasteiger partial charge < -0.3 is 5.32 Å². The van der Waals surface area contributed by atoms with Crippen LogP contribution in [0.3, 0.4) is 0 Å². The molecule has 2 saturated carbocycles. The van der Waals surface area contributed by atoms with Gasteiger partial charge in [-0.25, -0.2) is 0 Å². The molecule has 106 valence electrons. The van der Waals surface area contributed by atoms with E-state index in [1.807, 2.05) is 0 Å². The molecule has 0 aliphatic heterocycles. The highest BCUT2D eigenvalue weighted by Gasteiger charge is 2.35. The minimum absolute atomic E-state index is 0.466. The second-order valence-electron chi connectivity index (χ2n) is 7.86. The van der Waals surface area contributed by atoms with Crippen LogP contribution in [0.2, 0.25) is 0 Å². The summed E-state index contributed by atoms with van der Waals surface area (Å²) in [6.45, 7) is 9.72. The molecule has 0 aromatic heterocycles. The highest BCUT2D eigenvalue weighted by molar-refractivity contribution is 4.91. The molecule has 1 heteroatoms. The fraction of sp³-hybridized carbons (Fsp3) is 1.00. The Morgan fingerprint density at radius 3 is 2.06 bits per heavy atom. The Morgan fingerprint density at radius 1 is 0.889 bits per heavy atom. The summed E-state index contributed by atoms with van der Waals surface area (Å²) < 4.78 is 0. The van der Waals surface area contributed by atoms with Crippen LogP contribution in [0.5, 0.6) is 0 Å². The maximum atomic E-state index is 4.02. The van der Waals surface area contributed by atoms with Gasteiger partial charge in [0.2, 0.25) is 0 Å². The normalized spacial score (nSPS) is 32.7. The summed E-state index contributed by atoms with van der Waals surface area (Å²) in [5.74, 6) is 1.82. The molecule has 0 saturated heterocycles. The zero-order valence-corrected chi connectivity index (χ0v) is 13.0. The Bertz CT molecular complexity index is 247. The minimum atomic E-state index is 0.466. The first-order valence-electron chi connectivity index (χ1n) is 8.24. The molecule has 0 heterocycles. The number of rotatable bonds is 3. The van der Waals surface area contributed by atoms with Gasteiger partial charge >= 0.3 is 0 Å². The molecule has 0 spiro atoms. The number of hydrogen-bond acceptors (Lipinski definition) is 1. The number of hydrogen-bond donors (Lipinski definition) is 1. The van der Waals surface area contributed by atoms with Crippen LogP contribution in [0.4, 0.5) is 0 Å². The zero-order chi connectivity index (χ0) is 13.2. The lowest BCUT2D eigenvalue weighted by Gasteiger charge is -2.42. The third-order valence-corrected chi connectivity index (χ3v) is 5.46. The summed E-state index contributed by atoms with van der Waals surface area (Å²) in [5, 5.41) is 4.02. The van der Waals surface area contributed by atoms with E-state index in [-0.39, 0.29) is 0 Å². The molecule has 2 aliphatic carbocycles. The van der Waals surface area contributed by atoms with Crippen LogP contribution >= 0.6 is 0 Å². The minimum Gasteiger partial charge on any atom is -0.311 e. The monoisotopic (exact) mass is 251 g/mol. The van der Waals surface area contributed by atoms with Gasteiger partial charge in [-0.3, -0.25) is 0 Å². The fourth-order valence-electron chi connectivity index (χ4n) is 4.30. The van der Waals surface area contributed by atoms with Crippen molar-refractivity contribution in [1.29, 1.82) is 0 Å². The summed E-state index contributed by atoms with van der Waals surface area (Å²) >= 11 is 0. The molecule has 18 heavy (non-hydrogen) atoms. The lowest BCUT2D eigenvalue weighted by atomic mass is 9.69. The van der Waals surface area contributed by atoms with Crippen molar-refractivity contribution in [2.24, 2.45) is 17.3 Å². The third-order valence-electron chi connectivity index (χ3n) is 5.46. The Balaban J connectivity index is 1.92. The van der Waals surface area contributed by atoms with E-state index in [0.29, 0.717) is 5.41 Å². The van der Waals surface area contributed by atoms with Crippen molar-refractivity contribution in [3.05, 3.63) is 0 Å². The molecule has 3 unspecified atom stereocenters. The summed E-state index contributed by atoms with van der Waals surface area (Å²) in [5.41, 5.74) is 0.466. The van der Waals surface area contributed by atoms with E-state index >= 15 is 0 Å². The van der Waals surface area contributed by atoms with Crippen molar-refractivity contribution in [2.75, 3.05) is 0 Å². The molecule has 2 rings (SSSR count). The average molecular weight is 251 g/mol. The summed E-state index contributed by atoms with van der Waals surface area (Å²) in [7, 11) is 0. The van der Waals surface area contributed by atoms with Crippen LogP contribution in [-0.2, 0) is 0 Å². The summed E-state index contributed by atoms with van der Waals surface area (Å²) in [6.07, 6.45) is 11.5. The predicted molar refractivity (Wildman–Crippen MR) is 79.8 cm³/mol. The Labute approximate surface area is 114 Å². The molecule has 3 atom stereocenters. The molecular weight excluding hydrogens is 218 g/mol. The lowest BCUT2D eigenvalue weighted by Crippen LogP contribution is -2.49. The first kappa shape index (κ1) is 14.4. The van der Waals surface area contributed by atoms with Crippen molar-refractivity contribution < 1.29 is 0 Å². The Morgan fingerprint density at radius 2 is 1.44 bits per heavy atom. The maximum Gasteiger partial charge on any atom is 0.0103 e. The van der Waals surface area contributed by atoms with Crippen molar-refractivity contribution >= 4 is 0 Å². The second-order valence-corrected chi connectivity index (χ2v) is 7.86. The van der Waals surface area contributed by atoms with Crippen molar-refractivity contribution in [2.45, 2.75) is 91.1 Å². The molecule has 0 amide bonds. The first-order chi connectivity index (χ1) is 8.48. The Kier molecular flexibility index (Phi) is 4.75. The second kappa shape index (κ2) is 5.94. The molecule has 0 bridgehead atoms. The first-order valence-corrected chi connectivity index (χ1v) is 8.24. The Hall–Kier alpha value is -0.0400. The van der Waals surface area contributed by atoms with Crippen molar-refractivity contribution in [3.63, 3.8) is 0 Å². The van der Waals surface area contributed by atoms with E-state index in [1.165, 1.54) is 51.4 Å². The lowest BCUT2D eigenvalue weighted by molar-refractivity contribution is 0.117. The van der Waals surface area contributed by atoms with Gasteiger partial charge in [0.05, 0.1) is 0 Å². The van der Waals surface area contributed by atoms with Crippen molar-refractivity contribution in [1.82, 2.24) is 5.32 Å². The molecule has 1 N–H and O–H groups in total. The van der Waals surface area contributed by atoms with E-state index in [9.17, 15) is 0 Å². The molecule has 2 fully saturated rings. The molecule has 0 radical (unpaired) electrons. The van der Waals surface area contributed by atoms with E-state index in [1.54, 1.807) is 0 Å². The van der Waals surface area contributed by atoms with E-state index < -0.39 is 0 Å². The third kappa shape index (κ3) is 3.50. The van der Waals surface area contributed by atoms with Crippen LogP contribution in [0.1, 0.15) is 79.1 Å². The molecule has 0 aromatic carbocycles. The predicted octanol–water partition coefficient (Wildman–Crippen LogP) is 4.76. The fourth-order valence-corrected chi connectivity index (χ4v) is 4.30. The van der Waals surface area contributed by atoms with Gasteiger partial charge in [-0.15, -0.1) is 0 Å². The summed E-state index contributed by atoms with van der Waals surface area (Å²) in [6, 6.07) is 1.51. The van der Waals surface area contributed by atoms with Crippen LogP contribution in [-0.4, -0.2) is 12.1 Å².